The van der Waals surface area contributed by atoms with Gasteiger partial charge in [0.1, 0.15) is 0 Å². The van der Waals surface area contributed by atoms with Crippen LogP contribution >= 0.6 is 0 Å². The highest BCUT2D eigenvalue weighted by molar-refractivity contribution is 6.92. The first-order chi connectivity index (χ1) is 15.3. The van der Waals surface area contributed by atoms with Crippen LogP contribution in [0.2, 0.25) is 0 Å². The van der Waals surface area contributed by atoms with E-state index in [9.17, 15) is 52.7 Å². The Kier molecular flexibility index (Phi) is 7.91. The van der Waals surface area contributed by atoms with Gasteiger partial charge in [-0.3, -0.25) is 0 Å². The molecule has 33 heavy (non-hydrogen) atoms. The lowest BCUT2D eigenvalue weighted by molar-refractivity contribution is 0.203. The number of hydrogen-bond acceptors (Lipinski definition) is 2. The standard InChI is InChI=1S/C18H10F12O2Si/c1-3-31-33(32-4-2,17-14(27)10(23)9(22)11(24)15(17)28)16-12(25)6(19)5(7(20)13(16)26)8(21)18(29)30/h3-4H2,1-2H3. The Morgan fingerprint density at radius 1 is 0.545 bits per heavy atom. The van der Waals surface area contributed by atoms with Gasteiger partial charge in [0, 0.05) is 13.2 Å². The summed E-state index contributed by atoms with van der Waals surface area (Å²) in [5.74, 6) is -27.3. The smallest absolute Gasteiger partial charge is 0.388 e. The fourth-order valence-electron chi connectivity index (χ4n) is 2.96. The van der Waals surface area contributed by atoms with Gasteiger partial charge in [0.2, 0.25) is 11.6 Å². The Bertz CT molecular complexity index is 1070. The highest BCUT2D eigenvalue weighted by atomic mass is 28.4. The molecular weight excluding hydrogens is 504 g/mol. The van der Waals surface area contributed by atoms with Gasteiger partial charge in [-0.05, 0) is 13.8 Å². The molecule has 2 rings (SSSR count). The predicted octanol–water partition coefficient (Wildman–Crippen LogP) is 5.10. The molecule has 0 spiro atoms. The predicted molar refractivity (Wildman–Crippen MR) is 91.0 cm³/mol. The van der Waals surface area contributed by atoms with Crippen LogP contribution in [0.4, 0.5) is 52.7 Å². The molecular formula is C18H10F12O2Si. The zero-order chi connectivity index (χ0) is 25.4. The van der Waals surface area contributed by atoms with Crippen molar-refractivity contribution < 1.29 is 61.5 Å². The van der Waals surface area contributed by atoms with Crippen molar-refractivity contribution in [1.82, 2.24) is 0 Å². The van der Waals surface area contributed by atoms with E-state index < -0.39 is 102 Å². The zero-order valence-corrected chi connectivity index (χ0v) is 17.3. The maximum absolute atomic E-state index is 14.9. The highest BCUT2D eigenvalue weighted by Gasteiger charge is 2.54. The average Bonchev–Trinajstić information content (AvgIpc) is 2.75. The van der Waals surface area contributed by atoms with Crippen LogP contribution in [-0.4, -0.2) is 21.8 Å². The van der Waals surface area contributed by atoms with Crippen LogP contribution < -0.4 is 10.4 Å². The first-order valence-corrected chi connectivity index (χ1v) is 10.5. The first kappa shape index (κ1) is 26.7. The Hall–Kier alpha value is -2.52. The van der Waals surface area contributed by atoms with Crippen LogP contribution in [0.25, 0.3) is 5.83 Å². The monoisotopic (exact) mass is 514 g/mol. The van der Waals surface area contributed by atoms with Crippen molar-refractivity contribution in [2.75, 3.05) is 13.2 Å². The molecule has 0 bridgehead atoms. The molecule has 0 aliphatic carbocycles. The molecule has 0 saturated carbocycles. The van der Waals surface area contributed by atoms with Crippen molar-refractivity contribution in [3.05, 3.63) is 64.0 Å². The summed E-state index contributed by atoms with van der Waals surface area (Å²) in [5.41, 5.74) is -2.51. The second-order valence-electron chi connectivity index (χ2n) is 6.01. The fourth-order valence-corrected chi connectivity index (χ4v) is 6.28. The van der Waals surface area contributed by atoms with Crippen molar-refractivity contribution in [3.63, 3.8) is 0 Å². The number of benzene rings is 2. The summed E-state index contributed by atoms with van der Waals surface area (Å²) >= 11 is 0. The lowest BCUT2D eigenvalue weighted by atomic mass is 10.1. The Morgan fingerprint density at radius 3 is 1.15 bits per heavy atom. The van der Waals surface area contributed by atoms with E-state index in [1.165, 1.54) is 0 Å². The molecule has 2 aromatic carbocycles. The van der Waals surface area contributed by atoms with E-state index in [1.807, 2.05) is 0 Å². The van der Waals surface area contributed by atoms with E-state index in [0.717, 1.165) is 13.8 Å². The molecule has 0 heterocycles. The molecule has 0 unspecified atom stereocenters. The Labute approximate surface area is 178 Å². The summed E-state index contributed by atoms with van der Waals surface area (Å²) in [7, 11) is -5.91. The third-order valence-electron chi connectivity index (χ3n) is 4.21. The molecule has 0 amide bonds. The van der Waals surface area contributed by atoms with Crippen LogP contribution in [0.1, 0.15) is 19.4 Å². The van der Waals surface area contributed by atoms with Crippen molar-refractivity contribution in [2.24, 2.45) is 0 Å². The number of hydrogen-bond donors (Lipinski definition) is 0. The SMILES string of the molecule is CCO[Si](OCC)(c1c(F)c(F)c(F)c(F)c1F)c1c(F)c(F)c(C(F)=C(F)F)c(F)c1F. The summed E-state index contributed by atoms with van der Waals surface area (Å²) in [6.07, 6.45) is -3.38. The van der Waals surface area contributed by atoms with Crippen molar-refractivity contribution in [1.29, 1.82) is 0 Å². The normalized spacial score (nSPS) is 11.8. The van der Waals surface area contributed by atoms with Crippen LogP contribution in [0.15, 0.2) is 6.08 Å². The molecule has 0 saturated heterocycles. The van der Waals surface area contributed by atoms with Crippen molar-refractivity contribution >= 4 is 24.8 Å². The second kappa shape index (κ2) is 9.76. The van der Waals surface area contributed by atoms with Crippen molar-refractivity contribution in [2.45, 2.75) is 13.8 Å². The molecule has 0 aliphatic heterocycles. The summed E-state index contributed by atoms with van der Waals surface area (Å²) in [6.45, 7) is 0.376. The maximum atomic E-state index is 14.9. The van der Waals surface area contributed by atoms with E-state index in [1.54, 1.807) is 0 Å². The number of halogens is 12. The Morgan fingerprint density at radius 2 is 0.848 bits per heavy atom. The molecule has 2 aromatic rings. The Balaban J connectivity index is 3.18. The van der Waals surface area contributed by atoms with E-state index >= 15 is 0 Å². The first-order valence-electron chi connectivity index (χ1n) is 8.67. The molecule has 0 atom stereocenters. The molecule has 0 aliphatic rings. The third-order valence-corrected chi connectivity index (χ3v) is 7.80. The molecule has 0 aromatic heterocycles. The molecule has 0 radical (unpaired) electrons. The topological polar surface area (TPSA) is 18.5 Å². The summed E-state index contributed by atoms with van der Waals surface area (Å²) in [4.78, 5) is 0. The molecule has 0 N–H and O–H groups in total. The fraction of sp³-hybridized carbons (Fsp3) is 0.222. The second-order valence-corrected chi connectivity index (χ2v) is 8.82. The van der Waals surface area contributed by atoms with Gasteiger partial charge in [-0.2, -0.15) is 8.78 Å². The highest BCUT2D eigenvalue weighted by Crippen LogP contribution is 2.32. The summed E-state index contributed by atoms with van der Waals surface area (Å²) < 4.78 is 177. The van der Waals surface area contributed by atoms with E-state index in [-0.39, 0.29) is 0 Å². The largest absolute Gasteiger partial charge is 0.419 e. The van der Waals surface area contributed by atoms with Gasteiger partial charge in [-0.1, -0.05) is 0 Å². The molecule has 0 fully saturated rings. The number of rotatable bonds is 7. The van der Waals surface area contributed by atoms with Crippen LogP contribution in [0.3, 0.4) is 0 Å². The molecule has 2 nitrogen and oxygen atoms in total. The van der Waals surface area contributed by atoms with E-state index in [4.69, 9.17) is 8.85 Å². The molecule has 15 heteroatoms. The summed E-state index contributed by atoms with van der Waals surface area (Å²) in [6, 6.07) is 0. The average molecular weight is 514 g/mol. The van der Waals surface area contributed by atoms with Gasteiger partial charge in [0.25, 0.3) is 0 Å². The lowest BCUT2D eigenvalue weighted by Gasteiger charge is -2.32. The minimum Gasteiger partial charge on any atom is -0.388 e. The van der Waals surface area contributed by atoms with Gasteiger partial charge in [0.15, 0.2) is 46.5 Å². The van der Waals surface area contributed by atoms with Gasteiger partial charge < -0.3 is 8.85 Å². The van der Waals surface area contributed by atoms with Gasteiger partial charge in [-0.15, -0.1) is 0 Å². The quantitative estimate of drug-likeness (QED) is 0.222. The summed E-state index contributed by atoms with van der Waals surface area (Å²) in [5, 5.41) is -4.19. The van der Waals surface area contributed by atoms with Gasteiger partial charge in [0.05, 0.1) is 15.9 Å². The minimum atomic E-state index is -5.91. The van der Waals surface area contributed by atoms with Crippen LogP contribution in [0, 0.1) is 52.4 Å². The maximum Gasteiger partial charge on any atom is 0.419 e. The van der Waals surface area contributed by atoms with Crippen LogP contribution in [0.5, 0.6) is 0 Å². The lowest BCUT2D eigenvalue weighted by Crippen LogP contribution is -2.68. The van der Waals surface area contributed by atoms with E-state index in [0.29, 0.717) is 0 Å². The van der Waals surface area contributed by atoms with Crippen LogP contribution in [-0.2, 0) is 8.85 Å². The molecule has 182 valence electrons. The van der Waals surface area contributed by atoms with Crippen molar-refractivity contribution in [3.8, 4) is 0 Å². The van der Waals surface area contributed by atoms with Gasteiger partial charge in [-0.25, -0.2) is 43.9 Å². The van der Waals surface area contributed by atoms with E-state index in [2.05, 4.69) is 0 Å². The third kappa shape index (κ3) is 4.12. The van der Waals surface area contributed by atoms with Gasteiger partial charge >= 0.3 is 14.6 Å². The minimum absolute atomic E-state index is 0.817. The zero-order valence-electron chi connectivity index (χ0n) is 16.3.